The van der Waals surface area contributed by atoms with Gasteiger partial charge in [0.1, 0.15) is 0 Å². The Balaban J connectivity index is 1.63. The molecule has 1 aliphatic rings. The molecule has 1 aliphatic heterocycles. The number of rotatable bonds is 4. The molecular formula is C25H26N2O3S. The van der Waals surface area contributed by atoms with Crippen molar-refractivity contribution in [1.29, 1.82) is 0 Å². The van der Waals surface area contributed by atoms with Crippen LogP contribution in [0.5, 0.6) is 0 Å². The SMILES string of the molecule is Cc1ccc(C(=O)N2CCCc3cc(S(=O)(=O)Nc4ccc(C)cc4C)ccc32)cc1. The van der Waals surface area contributed by atoms with E-state index in [1.54, 1.807) is 29.2 Å². The second-order valence-corrected chi connectivity index (χ2v) is 9.82. The third-order valence-corrected chi connectivity index (χ3v) is 7.01. The highest BCUT2D eigenvalue weighted by atomic mass is 32.2. The zero-order valence-corrected chi connectivity index (χ0v) is 18.8. The lowest BCUT2D eigenvalue weighted by Crippen LogP contribution is -2.35. The quantitative estimate of drug-likeness (QED) is 0.628. The number of carbonyl (C=O) groups excluding carboxylic acids is 1. The highest BCUT2D eigenvalue weighted by molar-refractivity contribution is 7.92. The Morgan fingerprint density at radius 3 is 2.32 bits per heavy atom. The van der Waals surface area contributed by atoms with Crippen LogP contribution in [0.4, 0.5) is 11.4 Å². The van der Waals surface area contributed by atoms with Crippen LogP contribution in [0.1, 0.15) is 39.0 Å². The second kappa shape index (κ2) is 8.19. The highest BCUT2D eigenvalue weighted by Crippen LogP contribution is 2.31. The third-order valence-electron chi connectivity index (χ3n) is 5.65. The van der Waals surface area contributed by atoms with Gasteiger partial charge in [0.25, 0.3) is 15.9 Å². The van der Waals surface area contributed by atoms with Gasteiger partial charge in [-0.2, -0.15) is 0 Å². The van der Waals surface area contributed by atoms with Gasteiger partial charge in [-0.3, -0.25) is 9.52 Å². The average Bonchev–Trinajstić information content (AvgIpc) is 2.75. The Labute approximate surface area is 183 Å². The van der Waals surface area contributed by atoms with Gasteiger partial charge >= 0.3 is 0 Å². The molecule has 0 bridgehead atoms. The molecule has 1 heterocycles. The summed E-state index contributed by atoms with van der Waals surface area (Å²) in [5, 5.41) is 0. The summed E-state index contributed by atoms with van der Waals surface area (Å²) in [6.07, 6.45) is 1.53. The van der Waals surface area contributed by atoms with Gasteiger partial charge in [-0.1, -0.05) is 35.4 Å². The fraction of sp³-hybridized carbons (Fsp3) is 0.240. The van der Waals surface area contributed by atoms with Gasteiger partial charge < -0.3 is 4.90 Å². The number of anilines is 2. The number of hydrogen-bond acceptors (Lipinski definition) is 3. The molecule has 0 saturated carbocycles. The van der Waals surface area contributed by atoms with Crippen molar-refractivity contribution in [1.82, 2.24) is 0 Å². The largest absolute Gasteiger partial charge is 0.308 e. The van der Waals surface area contributed by atoms with E-state index in [2.05, 4.69) is 4.72 Å². The maximum absolute atomic E-state index is 13.1. The summed E-state index contributed by atoms with van der Waals surface area (Å²) < 4.78 is 28.7. The number of carbonyl (C=O) groups is 1. The van der Waals surface area contributed by atoms with Crippen LogP contribution in [0.25, 0.3) is 0 Å². The van der Waals surface area contributed by atoms with Gasteiger partial charge in [-0.15, -0.1) is 0 Å². The lowest BCUT2D eigenvalue weighted by atomic mass is 10.0. The van der Waals surface area contributed by atoms with Gasteiger partial charge in [-0.05, 0) is 81.1 Å². The third kappa shape index (κ3) is 4.35. The lowest BCUT2D eigenvalue weighted by molar-refractivity contribution is 0.0985. The van der Waals surface area contributed by atoms with E-state index in [1.807, 2.05) is 57.2 Å². The van der Waals surface area contributed by atoms with Crippen LogP contribution in [0.2, 0.25) is 0 Å². The van der Waals surface area contributed by atoms with Crippen molar-refractivity contribution in [3.63, 3.8) is 0 Å². The lowest BCUT2D eigenvalue weighted by Gasteiger charge is -2.30. The van der Waals surface area contributed by atoms with E-state index in [1.165, 1.54) is 0 Å². The van der Waals surface area contributed by atoms with E-state index in [-0.39, 0.29) is 10.8 Å². The molecule has 0 radical (unpaired) electrons. The number of hydrogen-bond donors (Lipinski definition) is 1. The van der Waals surface area contributed by atoms with Gasteiger partial charge in [-0.25, -0.2) is 8.42 Å². The summed E-state index contributed by atoms with van der Waals surface area (Å²) in [6.45, 7) is 6.45. The minimum absolute atomic E-state index is 0.0648. The molecule has 1 amide bonds. The maximum Gasteiger partial charge on any atom is 0.261 e. The summed E-state index contributed by atoms with van der Waals surface area (Å²) >= 11 is 0. The Morgan fingerprint density at radius 2 is 1.61 bits per heavy atom. The minimum atomic E-state index is -3.73. The summed E-state index contributed by atoms with van der Waals surface area (Å²) in [4.78, 5) is 15.0. The van der Waals surface area contributed by atoms with Crippen LogP contribution in [0.15, 0.2) is 65.6 Å². The molecule has 0 unspecified atom stereocenters. The molecule has 0 aromatic heterocycles. The van der Waals surface area contributed by atoms with Gasteiger partial charge in [0.05, 0.1) is 10.6 Å². The number of sulfonamides is 1. The van der Waals surface area contributed by atoms with Crippen molar-refractivity contribution in [2.24, 2.45) is 0 Å². The number of aryl methyl sites for hydroxylation is 4. The number of amides is 1. The number of benzene rings is 3. The molecule has 160 valence electrons. The van der Waals surface area contributed by atoms with Crippen molar-refractivity contribution in [2.45, 2.75) is 38.5 Å². The minimum Gasteiger partial charge on any atom is -0.308 e. The first-order valence-corrected chi connectivity index (χ1v) is 11.8. The summed E-state index contributed by atoms with van der Waals surface area (Å²) in [5.41, 5.74) is 5.90. The Bertz CT molecular complexity index is 1250. The summed E-state index contributed by atoms with van der Waals surface area (Å²) in [5.74, 6) is -0.0648. The van der Waals surface area contributed by atoms with E-state index < -0.39 is 10.0 Å². The topological polar surface area (TPSA) is 66.5 Å². The van der Waals surface area contributed by atoms with Crippen LogP contribution >= 0.6 is 0 Å². The van der Waals surface area contributed by atoms with Crippen LogP contribution in [-0.2, 0) is 16.4 Å². The molecule has 1 N–H and O–H groups in total. The molecule has 6 heteroatoms. The molecule has 4 rings (SSSR count). The molecule has 31 heavy (non-hydrogen) atoms. The van der Waals surface area contributed by atoms with E-state index in [0.29, 0.717) is 17.8 Å². The highest BCUT2D eigenvalue weighted by Gasteiger charge is 2.26. The molecule has 0 saturated heterocycles. The molecule has 0 spiro atoms. The molecule has 3 aromatic rings. The normalized spacial score (nSPS) is 13.6. The van der Waals surface area contributed by atoms with Crippen LogP contribution < -0.4 is 9.62 Å². The van der Waals surface area contributed by atoms with Gasteiger partial charge in [0, 0.05) is 17.8 Å². The first-order chi connectivity index (χ1) is 14.7. The van der Waals surface area contributed by atoms with Crippen LogP contribution in [-0.4, -0.2) is 20.9 Å². The van der Waals surface area contributed by atoms with Crippen molar-refractivity contribution in [3.05, 3.63) is 88.5 Å². The smallest absolute Gasteiger partial charge is 0.261 e. The fourth-order valence-electron chi connectivity index (χ4n) is 3.94. The van der Waals surface area contributed by atoms with Gasteiger partial charge in [0.2, 0.25) is 0 Å². The molecule has 0 fully saturated rings. The summed E-state index contributed by atoms with van der Waals surface area (Å²) in [6, 6.07) is 18.1. The maximum atomic E-state index is 13.1. The predicted octanol–water partition coefficient (Wildman–Crippen LogP) is 5.01. The average molecular weight is 435 g/mol. The Kier molecular flexibility index (Phi) is 5.58. The van der Waals surface area contributed by atoms with Crippen molar-refractivity contribution in [3.8, 4) is 0 Å². The first kappa shape index (κ1) is 21.1. The fourth-order valence-corrected chi connectivity index (χ4v) is 5.12. The second-order valence-electron chi connectivity index (χ2n) is 8.14. The molecular weight excluding hydrogens is 408 g/mol. The van der Waals surface area contributed by atoms with E-state index in [0.717, 1.165) is 40.8 Å². The molecule has 5 nitrogen and oxygen atoms in total. The first-order valence-electron chi connectivity index (χ1n) is 10.4. The van der Waals surface area contributed by atoms with Crippen molar-refractivity contribution < 1.29 is 13.2 Å². The molecule has 0 atom stereocenters. The summed E-state index contributed by atoms with van der Waals surface area (Å²) in [7, 11) is -3.73. The van der Waals surface area contributed by atoms with Gasteiger partial charge in [0.15, 0.2) is 0 Å². The van der Waals surface area contributed by atoms with Crippen molar-refractivity contribution >= 4 is 27.3 Å². The predicted molar refractivity (Wildman–Crippen MR) is 124 cm³/mol. The van der Waals surface area contributed by atoms with E-state index in [4.69, 9.17) is 0 Å². The Morgan fingerprint density at radius 1 is 0.903 bits per heavy atom. The monoisotopic (exact) mass is 434 g/mol. The Hall–Kier alpha value is -3.12. The number of fused-ring (bicyclic) bond motifs is 1. The van der Waals surface area contributed by atoms with Crippen LogP contribution in [0, 0.1) is 20.8 Å². The van der Waals surface area contributed by atoms with Crippen LogP contribution in [0.3, 0.4) is 0 Å². The van der Waals surface area contributed by atoms with E-state index in [9.17, 15) is 13.2 Å². The van der Waals surface area contributed by atoms with Crippen molar-refractivity contribution in [2.75, 3.05) is 16.2 Å². The zero-order valence-electron chi connectivity index (χ0n) is 18.0. The zero-order chi connectivity index (χ0) is 22.2. The molecule has 0 aliphatic carbocycles. The standard InChI is InChI=1S/C25H26N2O3S/c1-17-6-9-20(10-7-17)25(28)27-14-4-5-21-16-22(11-13-24(21)27)31(29,30)26-23-12-8-18(2)15-19(23)3/h6-13,15-16,26H,4-5,14H2,1-3H3. The van der Waals surface area contributed by atoms with E-state index >= 15 is 0 Å². The molecule has 3 aromatic carbocycles. The number of nitrogens with one attached hydrogen (secondary N) is 1. The number of nitrogens with zero attached hydrogens (tertiary/aromatic N) is 1.